The van der Waals surface area contributed by atoms with Gasteiger partial charge >= 0.3 is 0 Å². The molecule has 0 bridgehead atoms. The fourth-order valence-corrected chi connectivity index (χ4v) is 2.81. The molecule has 0 amide bonds. The molecule has 5 nitrogen and oxygen atoms in total. The predicted octanol–water partition coefficient (Wildman–Crippen LogP) is 1.03. The minimum absolute atomic E-state index is 0.0296. The average Bonchev–Trinajstić information content (AvgIpc) is 2.75. The molecule has 19 heavy (non-hydrogen) atoms. The zero-order valence-electron chi connectivity index (χ0n) is 11.0. The lowest BCUT2D eigenvalue weighted by atomic mass is 9.82. The van der Waals surface area contributed by atoms with E-state index in [1.165, 1.54) is 0 Å². The van der Waals surface area contributed by atoms with Crippen molar-refractivity contribution in [1.29, 1.82) is 0 Å². The molecule has 0 spiro atoms. The van der Waals surface area contributed by atoms with Crippen LogP contribution in [0.5, 0.6) is 0 Å². The number of rotatable bonds is 4. The number of aromatic nitrogens is 2. The number of aliphatic hydroxyl groups excluding tert-OH is 2. The number of nitrogens with zero attached hydrogens (tertiary/aromatic N) is 3. The highest BCUT2D eigenvalue weighted by Crippen LogP contribution is 2.30. The number of hydrogen-bond donors (Lipinski definition) is 2. The van der Waals surface area contributed by atoms with Crippen LogP contribution in [0.15, 0.2) is 24.4 Å². The molecule has 1 fully saturated rings. The van der Waals surface area contributed by atoms with Gasteiger partial charge in [-0.2, -0.15) is 0 Å². The molecule has 2 heterocycles. The molecule has 0 unspecified atom stereocenters. The highest BCUT2D eigenvalue weighted by atomic mass is 16.3. The third-order valence-corrected chi connectivity index (χ3v) is 3.86. The maximum Gasteiger partial charge on any atom is 0.153 e. The number of aliphatic hydroxyl groups is 2. The molecule has 3 rings (SSSR count). The van der Waals surface area contributed by atoms with Crippen LogP contribution in [0, 0.1) is 5.92 Å². The summed E-state index contributed by atoms with van der Waals surface area (Å²) in [5.41, 5.74) is 1.67. The standard InChI is InChI=1S/C14H19N3O2/c1-16(8-10-6-11(19)7-10)14-12(9-18)17-5-3-2-4-13(17)15-14/h2-5,10-11,18-19H,6-9H2,1H3. The Morgan fingerprint density at radius 2 is 2.21 bits per heavy atom. The summed E-state index contributed by atoms with van der Waals surface area (Å²) in [6.07, 6.45) is 3.52. The van der Waals surface area contributed by atoms with Gasteiger partial charge in [0.2, 0.25) is 0 Å². The van der Waals surface area contributed by atoms with E-state index >= 15 is 0 Å². The van der Waals surface area contributed by atoms with Crippen LogP contribution in [0.25, 0.3) is 5.65 Å². The van der Waals surface area contributed by atoms with Gasteiger partial charge < -0.3 is 15.1 Å². The molecule has 0 saturated heterocycles. The van der Waals surface area contributed by atoms with Crippen LogP contribution in [0.2, 0.25) is 0 Å². The van der Waals surface area contributed by atoms with Crippen LogP contribution in [-0.4, -0.2) is 39.3 Å². The smallest absolute Gasteiger partial charge is 0.153 e. The first-order valence-electron chi connectivity index (χ1n) is 6.65. The number of imidazole rings is 1. The van der Waals surface area contributed by atoms with Gasteiger partial charge in [0.05, 0.1) is 18.4 Å². The molecule has 0 atom stereocenters. The molecular weight excluding hydrogens is 242 g/mol. The summed E-state index contributed by atoms with van der Waals surface area (Å²) in [6.45, 7) is 0.839. The Balaban J connectivity index is 1.86. The second-order valence-corrected chi connectivity index (χ2v) is 5.34. The largest absolute Gasteiger partial charge is 0.393 e. The van der Waals surface area contributed by atoms with Gasteiger partial charge in [0, 0.05) is 19.8 Å². The number of fused-ring (bicyclic) bond motifs is 1. The lowest BCUT2D eigenvalue weighted by Gasteiger charge is -2.34. The van der Waals surface area contributed by atoms with Crippen molar-refractivity contribution < 1.29 is 10.2 Å². The Kier molecular flexibility index (Phi) is 3.16. The molecular formula is C14H19N3O2. The van der Waals surface area contributed by atoms with E-state index in [1.54, 1.807) is 0 Å². The van der Waals surface area contributed by atoms with Crippen LogP contribution in [0.1, 0.15) is 18.5 Å². The Bertz CT molecular complexity index is 575. The molecule has 0 aromatic carbocycles. The SMILES string of the molecule is CN(CC1CC(O)C1)c1nc2ccccn2c1CO. The van der Waals surface area contributed by atoms with Gasteiger partial charge in [0.25, 0.3) is 0 Å². The number of pyridine rings is 1. The third kappa shape index (κ3) is 2.19. The highest BCUT2D eigenvalue weighted by molar-refractivity contribution is 5.55. The predicted molar refractivity (Wildman–Crippen MR) is 73.1 cm³/mol. The maximum atomic E-state index is 9.57. The maximum absolute atomic E-state index is 9.57. The minimum Gasteiger partial charge on any atom is -0.393 e. The molecule has 2 aromatic rings. The molecule has 0 radical (unpaired) electrons. The lowest BCUT2D eigenvalue weighted by Crippen LogP contribution is -2.37. The summed E-state index contributed by atoms with van der Waals surface area (Å²) in [7, 11) is 1.99. The molecule has 2 aromatic heterocycles. The molecule has 1 aliphatic rings. The number of anilines is 1. The van der Waals surface area contributed by atoms with E-state index in [9.17, 15) is 10.2 Å². The van der Waals surface area contributed by atoms with Crippen LogP contribution in [0.4, 0.5) is 5.82 Å². The van der Waals surface area contributed by atoms with Gasteiger partial charge in [-0.05, 0) is 30.9 Å². The van der Waals surface area contributed by atoms with Crippen LogP contribution in [-0.2, 0) is 6.61 Å². The van der Waals surface area contributed by atoms with Gasteiger partial charge in [-0.15, -0.1) is 0 Å². The van der Waals surface area contributed by atoms with E-state index in [0.717, 1.165) is 36.5 Å². The summed E-state index contributed by atoms with van der Waals surface area (Å²) < 4.78 is 1.92. The summed E-state index contributed by atoms with van der Waals surface area (Å²) in [5, 5.41) is 18.9. The average molecular weight is 261 g/mol. The van der Waals surface area contributed by atoms with E-state index < -0.39 is 0 Å². The van der Waals surface area contributed by atoms with E-state index in [-0.39, 0.29) is 12.7 Å². The highest BCUT2D eigenvalue weighted by Gasteiger charge is 2.29. The van der Waals surface area contributed by atoms with E-state index in [4.69, 9.17) is 0 Å². The zero-order valence-corrected chi connectivity index (χ0v) is 11.0. The van der Waals surface area contributed by atoms with Crippen molar-refractivity contribution in [1.82, 2.24) is 9.38 Å². The Labute approximate surface area is 112 Å². The first kappa shape index (κ1) is 12.4. The first-order valence-corrected chi connectivity index (χ1v) is 6.65. The monoisotopic (exact) mass is 261 g/mol. The third-order valence-electron chi connectivity index (χ3n) is 3.86. The van der Waals surface area contributed by atoms with Crippen LogP contribution < -0.4 is 4.90 Å². The summed E-state index contributed by atoms with van der Waals surface area (Å²) >= 11 is 0. The van der Waals surface area contributed by atoms with Crippen molar-refractivity contribution in [3.63, 3.8) is 0 Å². The molecule has 0 aliphatic heterocycles. The van der Waals surface area contributed by atoms with E-state index in [0.29, 0.717) is 5.92 Å². The molecule has 5 heteroatoms. The van der Waals surface area contributed by atoms with Crippen LogP contribution in [0.3, 0.4) is 0 Å². The van der Waals surface area contributed by atoms with Gasteiger partial charge in [-0.25, -0.2) is 4.98 Å². The lowest BCUT2D eigenvalue weighted by molar-refractivity contribution is 0.0464. The van der Waals surface area contributed by atoms with E-state index in [1.807, 2.05) is 35.8 Å². The Morgan fingerprint density at radius 1 is 1.42 bits per heavy atom. The zero-order chi connectivity index (χ0) is 13.4. The quantitative estimate of drug-likeness (QED) is 0.863. The van der Waals surface area contributed by atoms with Crippen molar-refractivity contribution in [3.05, 3.63) is 30.1 Å². The summed E-state index contributed by atoms with van der Waals surface area (Å²) in [6, 6.07) is 5.80. The van der Waals surface area contributed by atoms with Gasteiger partial charge in [-0.1, -0.05) is 6.07 Å². The molecule has 1 aliphatic carbocycles. The van der Waals surface area contributed by atoms with Crippen molar-refractivity contribution in [2.75, 3.05) is 18.5 Å². The normalized spacial score (nSPS) is 22.5. The van der Waals surface area contributed by atoms with Gasteiger partial charge in [0.15, 0.2) is 5.82 Å². The topological polar surface area (TPSA) is 61.0 Å². The number of hydrogen-bond acceptors (Lipinski definition) is 4. The fraction of sp³-hybridized carbons (Fsp3) is 0.500. The Hall–Kier alpha value is -1.59. The Morgan fingerprint density at radius 3 is 2.89 bits per heavy atom. The van der Waals surface area contributed by atoms with Crippen molar-refractivity contribution >= 4 is 11.5 Å². The second-order valence-electron chi connectivity index (χ2n) is 5.34. The van der Waals surface area contributed by atoms with Crippen molar-refractivity contribution in [2.24, 2.45) is 5.92 Å². The summed E-state index contributed by atoms with van der Waals surface area (Å²) in [5.74, 6) is 1.35. The van der Waals surface area contributed by atoms with Crippen LogP contribution >= 0.6 is 0 Å². The minimum atomic E-state index is -0.128. The summed E-state index contributed by atoms with van der Waals surface area (Å²) in [4.78, 5) is 6.66. The van der Waals surface area contributed by atoms with Crippen molar-refractivity contribution in [3.8, 4) is 0 Å². The fourth-order valence-electron chi connectivity index (χ4n) is 2.81. The van der Waals surface area contributed by atoms with Gasteiger partial charge in [-0.3, -0.25) is 4.40 Å². The van der Waals surface area contributed by atoms with E-state index in [2.05, 4.69) is 9.88 Å². The first-order chi connectivity index (χ1) is 9.19. The molecule has 2 N–H and O–H groups in total. The molecule has 1 saturated carbocycles. The second kappa shape index (κ2) is 4.83. The van der Waals surface area contributed by atoms with Crippen molar-refractivity contribution in [2.45, 2.75) is 25.6 Å². The van der Waals surface area contributed by atoms with Gasteiger partial charge in [0.1, 0.15) is 5.65 Å². The molecule has 102 valence electrons.